The van der Waals surface area contributed by atoms with Crippen molar-refractivity contribution >= 4 is 0 Å². The minimum Gasteiger partial charge on any atom is -0.374 e. The van der Waals surface area contributed by atoms with Crippen molar-refractivity contribution in [2.45, 2.75) is 57.5 Å². The Morgan fingerprint density at radius 2 is 0.949 bits per heavy atom. The lowest BCUT2D eigenvalue weighted by molar-refractivity contribution is -0.281. The second-order valence-corrected chi connectivity index (χ2v) is 9.73. The molecule has 5 rings (SSSR count). The lowest BCUT2D eigenvalue weighted by Gasteiger charge is -2.41. The average Bonchev–Trinajstić information content (AvgIpc) is 3.00. The molecule has 4 aromatic carbocycles. The van der Waals surface area contributed by atoms with Gasteiger partial charge in [0.2, 0.25) is 0 Å². The Hall–Kier alpha value is -3.32. The Morgan fingerprint density at radius 3 is 1.46 bits per heavy atom. The first-order valence-corrected chi connectivity index (χ1v) is 13.6. The molecule has 0 amide bonds. The van der Waals surface area contributed by atoms with E-state index in [4.69, 9.17) is 23.7 Å². The second-order valence-electron chi connectivity index (χ2n) is 9.73. The monoisotopic (exact) mass is 524 g/mol. The molecule has 0 aliphatic carbocycles. The molecule has 1 heterocycles. The van der Waals surface area contributed by atoms with Gasteiger partial charge in [-0.25, -0.2) is 0 Å². The summed E-state index contributed by atoms with van der Waals surface area (Å²) < 4.78 is 31.9. The van der Waals surface area contributed by atoms with Gasteiger partial charge < -0.3 is 23.7 Å². The molecule has 1 aliphatic heterocycles. The van der Waals surface area contributed by atoms with Crippen LogP contribution >= 0.6 is 0 Å². The minimum absolute atomic E-state index is 0.228. The van der Waals surface area contributed by atoms with Crippen molar-refractivity contribution in [2.75, 3.05) is 6.61 Å². The molecule has 1 fully saturated rings. The standard InChI is InChI=1S/C34H36O5/c1-5-13-27(14-6-1)22-35-26-32-34(38-25-30-19-11-4-12-20-30)31(36-23-28-15-7-2-8-16-28)21-33(39-32)37-24-29-17-9-3-10-18-29/h1-20,31-34H,21-26H2/t31-,32-,33+,34-/m1/s1. The summed E-state index contributed by atoms with van der Waals surface area (Å²) in [6.07, 6.45) is -0.774. The van der Waals surface area contributed by atoms with E-state index in [2.05, 4.69) is 48.5 Å². The molecule has 0 bridgehead atoms. The largest absolute Gasteiger partial charge is 0.374 e. The molecule has 5 heteroatoms. The normalized spacial score (nSPS) is 21.0. The molecule has 1 saturated heterocycles. The van der Waals surface area contributed by atoms with E-state index in [1.54, 1.807) is 0 Å². The van der Waals surface area contributed by atoms with Crippen LogP contribution in [0.2, 0.25) is 0 Å². The highest BCUT2D eigenvalue weighted by Gasteiger charge is 2.41. The number of hydrogen-bond donors (Lipinski definition) is 0. The van der Waals surface area contributed by atoms with E-state index in [1.807, 2.05) is 72.8 Å². The molecule has 0 N–H and O–H groups in total. The Morgan fingerprint density at radius 1 is 0.513 bits per heavy atom. The second kappa shape index (κ2) is 14.7. The maximum absolute atomic E-state index is 6.51. The number of hydrogen-bond acceptors (Lipinski definition) is 5. The lowest BCUT2D eigenvalue weighted by atomic mass is 10.0. The Labute approximate surface area is 231 Å². The molecular formula is C34H36O5. The highest BCUT2D eigenvalue weighted by Crippen LogP contribution is 2.29. The fourth-order valence-electron chi connectivity index (χ4n) is 4.68. The molecule has 0 radical (unpaired) electrons. The molecule has 4 aromatic rings. The van der Waals surface area contributed by atoms with Crippen LogP contribution in [0.5, 0.6) is 0 Å². The first-order chi connectivity index (χ1) is 19.3. The zero-order valence-electron chi connectivity index (χ0n) is 22.1. The predicted octanol–water partition coefficient (Wildman–Crippen LogP) is 6.71. The smallest absolute Gasteiger partial charge is 0.161 e. The fourth-order valence-corrected chi connectivity index (χ4v) is 4.68. The first kappa shape index (κ1) is 27.3. The van der Waals surface area contributed by atoms with Gasteiger partial charge in [-0.05, 0) is 22.3 Å². The third-order valence-electron chi connectivity index (χ3n) is 6.75. The molecule has 0 unspecified atom stereocenters. The van der Waals surface area contributed by atoms with Gasteiger partial charge in [-0.2, -0.15) is 0 Å². The van der Waals surface area contributed by atoms with Crippen molar-refractivity contribution in [1.29, 1.82) is 0 Å². The molecule has 5 nitrogen and oxygen atoms in total. The topological polar surface area (TPSA) is 46.2 Å². The van der Waals surface area contributed by atoms with Crippen LogP contribution in [-0.2, 0) is 50.1 Å². The van der Waals surface area contributed by atoms with Gasteiger partial charge in [0.15, 0.2) is 6.29 Å². The summed E-state index contributed by atoms with van der Waals surface area (Å²) in [6.45, 7) is 2.27. The van der Waals surface area contributed by atoms with Gasteiger partial charge in [0.25, 0.3) is 0 Å². The van der Waals surface area contributed by atoms with Crippen LogP contribution in [0.15, 0.2) is 121 Å². The Balaban J connectivity index is 1.30. The van der Waals surface area contributed by atoms with Crippen molar-refractivity contribution in [1.82, 2.24) is 0 Å². The van der Waals surface area contributed by atoms with Crippen molar-refractivity contribution in [2.24, 2.45) is 0 Å². The van der Waals surface area contributed by atoms with Crippen LogP contribution in [0.4, 0.5) is 0 Å². The van der Waals surface area contributed by atoms with Crippen LogP contribution in [0.25, 0.3) is 0 Å². The SMILES string of the molecule is c1ccc(COC[C@H]2O[C@H](OCc3ccccc3)C[C@@H](OCc3ccccc3)[C@H]2OCc2ccccc2)cc1. The molecule has 39 heavy (non-hydrogen) atoms. The zero-order valence-corrected chi connectivity index (χ0v) is 22.1. The molecule has 0 saturated carbocycles. The summed E-state index contributed by atoms with van der Waals surface area (Å²) in [5, 5.41) is 0. The van der Waals surface area contributed by atoms with E-state index in [0.717, 1.165) is 22.3 Å². The summed E-state index contributed by atoms with van der Waals surface area (Å²) in [4.78, 5) is 0. The van der Waals surface area contributed by atoms with Crippen LogP contribution < -0.4 is 0 Å². The number of benzene rings is 4. The van der Waals surface area contributed by atoms with Gasteiger partial charge >= 0.3 is 0 Å². The van der Waals surface area contributed by atoms with E-state index < -0.39 is 6.29 Å². The van der Waals surface area contributed by atoms with Gasteiger partial charge in [0, 0.05) is 6.42 Å². The van der Waals surface area contributed by atoms with Crippen LogP contribution in [0.3, 0.4) is 0 Å². The summed E-state index contributed by atoms with van der Waals surface area (Å²) >= 11 is 0. The number of ether oxygens (including phenoxy) is 5. The lowest BCUT2D eigenvalue weighted by Crippen LogP contribution is -2.53. The summed E-state index contributed by atoms with van der Waals surface area (Å²) in [5.41, 5.74) is 4.43. The highest BCUT2D eigenvalue weighted by molar-refractivity contribution is 5.16. The molecule has 202 valence electrons. The van der Waals surface area contributed by atoms with Crippen LogP contribution in [0.1, 0.15) is 28.7 Å². The van der Waals surface area contributed by atoms with E-state index >= 15 is 0 Å². The van der Waals surface area contributed by atoms with E-state index in [0.29, 0.717) is 39.5 Å². The van der Waals surface area contributed by atoms with Crippen LogP contribution in [0, 0.1) is 0 Å². The highest BCUT2D eigenvalue weighted by atomic mass is 16.7. The van der Waals surface area contributed by atoms with Crippen molar-refractivity contribution in [3.63, 3.8) is 0 Å². The van der Waals surface area contributed by atoms with Gasteiger partial charge in [-0.15, -0.1) is 0 Å². The van der Waals surface area contributed by atoms with Gasteiger partial charge in [-0.1, -0.05) is 121 Å². The first-order valence-electron chi connectivity index (χ1n) is 13.6. The van der Waals surface area contributed by atoms with E-state index in [1.165, 1.54) is 0 Å². The predicted molar refractivity (Wildman–Crippen MR) is 151 cm³/mol. The third-order valence-corrected chi connectivity index (χ3v) is 6.75. The van der Waals surface area contributed by atoms with Crippen LogP contribution in [-0.4, -0.2) is 31.2 Å². The molecule has 0 aromatic heterocycles. The maximum Gasteiger partial charge on any atom is 0.161 e. The van der Waals surface area contributed by atoms with E-state index in [9.17, 15) is 0 Å². The molecular weight excluding hydrogens is 488 g/mol. The third kappa shape index (κ3) is 8.59. The molecule has 0 spiro atoms. The maximum atomic E-state index is 6.51. The quantitative estimate of drug-likeness (QED) is 0.195. The minimum atomic E-state index is -0.437. The Bertz CT molecular complexity index is 1200. The van der Waals surface area contributed by atoms with Crippen molar-refractivity contribution in [3.8, 4) is 0 Å². The van der Waals surface area contributed by atoms with E-state index in [-0.39, 0.29) is 18.3 Å². The Kier molecular flexibility index (Phi) is 10.3. The average molecular weight is 525 g/mol. The summed E-state index contributed by atoms with van der Waals surface area (Å²) in [5.74, 6) is 0. The molecule has 1 aliphatic rings. The van der Waals surface area contributed by atoms with Gasteiger partial charge in [0.1, 0.15) is 12.2 Å². The van der Waals surface area contributed by atoms with Gasteiger partial charge in [-0.3, -0.25) is 0 Å². The van der Waals surface area contributed by atoms with Gasteiger partial charge in [0.05, 0.1) is 39.1 Å². The zero-order chi connectivity index (χ0) is 26.5. The molecule has 4 atom stereocenters. The summed E-state index contributed by atoms with van der Waals surface area (Å²) in [7, 11) is 0. The van der Waals surface area contributed by atoms with Crippen molar-refractivity contribution < 1.29 is 23.7 Å². The summed E-state index contributed by atoms with van der Waals surface area (Å²) in [6, 6.07) is 40.7. The number of rotatable bonds is 13. The fraction of sp³-hybridized carbons (Fsp3) is 0.294. The van der Waals surface area contributed by atoms with Crippen molar-refractivity contribution in [3.05, 3.63) is 144 Å².